The zero-order chi connectivity index (χ0) is 22.0. The van der Waals surface area contributed by atoms with Crippen LogP contribution in [0.4, 0.5) is 22.9 Å². The summed E-state index contributed by atoms with van der Waals surface area (Å²) < 4.78 is 0. The van der Waals surface area contributed by atoms with E-state index >= 15 is 0 Å². The molecule has 0 aliphatic heterocycles. The van der Waals surface area contributed by atoms with Crippen LogP contribution in [0.3, 0.4) is 0 Å². The number of rotatable bonds is 8. The smallest absolute Gasteiger partial charge is 0.253 e. The van der Waals surface area contributed by atoms with Crippen molar-refractivity contribution < 1.29 is 15.1 Å². The van der Waals surface area contributed by atoms with E-state index in [2.05, 4.69) is 26.1 Å². The number of benzene rings is 2. The standard InChI is InChI=1S/C20H18N6O5/c27-12-3-1-2-10(6-12)8-21-16-17(19(30)18(16)29)23-11-4-5-14-13(7-11)20(26-25-14)24-15(28)9-22-31/h1-7,21-23,27,31H,8-9H2,(H2,24,25,26,28). The van der Waals surface area contributed by atoms with E-state index in [1.165, 1.54) is 6.07 Å². The highest BCUT2D eigenvalue weighted by molar-refractivity contribution is 6.01. The molecule has 1 amide bonds. The number of hydrogen-bond acceptors (Lipinski definition) is 9. The molecule has 0 aliphatic carbocycles. The third kappa shape index (κ3) is 4.08. The fraction of sp³-hybridized carbons (Fsp3) is 0.100. The Hall–Kier alpha value is -4.22. The SMILES string of the molecule is O=C(CNO)Nc1n[nH]c2ccc(Nc3c(NCc4cccc(O)c4)c(=O)c3=O)cc12. The second kappa shape index (κ2) is 8.26. The van der Waals surface area contributed by atoms with Gasteiger partial charge in [0.25, 0.3) is 10.9 Å². The topological polar surface area (TPSA) is 168 Å². The second-order valence-electron chi connectivity index (χ2n) is 6.77. The molecule has 3 aromatic carbocycles. The summed E-state index contributed by atoms with van der Waals surface area (Å²) >= 11 is 0. The molecule has 11 nitrogen and oxygen atoms in total. The summed E-state index contributed by atoms with van der Waals surface area (Å²) in [6, 6.07) is 11.6. The van der Waals surface area contributed by atoms with Crippen LogP contribution in [-0.2, 0) is 11.3 Å². The molecule has 31 heavy (non-hydrogen) atoms. The number of phenols is 1. The van der Waals surface area contributed by atoms with Crippen LogP contribution in [0.5, 0.6) is 5.75 Å². The van der Waals surface area contributed by atoms with Crippen molar-refractivity contribution in [3.63, 3.8) is 0 Å². The van der Waals surface area contributed by atoms with E-state index in [1.54, 1.807) is 41.9 Å². The van der Waals surface area contributed by atoms with Crippen molar-refractivity contribution in [3.05, 3.63) is 68.5 Å². The van der Waals surface area contributed by atoms with Crippen LogP contribution in [0.2, 0.25) is 0 Å². The molecule has 0 atom stereocenters. The Balaban J connectivity index is 1.54. The average molecular weight is 422 g/mol. The highest BCUT2D eigenvalue weighted by Gasteiger charge is 2.21. The minimum absolute atomic E-state index is 0.105. The van der Waals surface area contributed by atoms with Gasteiger partial charge in [-0.1, -0.05) is 12.1 Å². The molecule has 1 heterocycles. The zero-order valence-electron chi connectivity index (χ0n) is 16.0. The molecule has 4 aromatic rings. The van der Waals surface area contributed by atoms with Crippen LogP contribution in [-0.4, -0.2) is 33.0 Å². The Bertz CT molecular complexity index is 1340. The summed E-state index contributed by atoms with van der Waals surface area (Å²) in [5, 5.41) is 33.9. The largest absolute Gasteiger partial charge is 0.508 e. The first-order valence-electron chi connectivity index (χ1n) is 9.23. The molecule has 0 aliphatic rings. The molecule has 0 bridgehead atoms. The summed E-state index contributed by atoms with van der Waals surface area (Å²) in [4.78, 5) is 35.8. The van der Waals surface area contributed by atoms with Crippen molar-refractivity contribution in [2.24, 2.45) is 0 Å². The number of carbonyl (C=O) groups is 1. The lowest BCUT2D eigenvalue weighted by Crippen LogP contribution is -2.36. The molecule has 0 saturated heterocycles. The van der Waals surface area contributed by atoms with Crippen LogP contribution in [0.1, 0.15) is 5.56 Å². The maximum absolute atomic E-state index is 12.1. The lowest BCUT2D eigenvalue weighted by Gasteiger charge is -2.15. The van der Waals surface area contributed by atoms with Crippen LogP contribution >= 0.6 is 0 Å². The van der Waals surface area contributed by atoms with Gasteiger partial charge in [-0.3, -0.25) is 19.5 Å². The fourth-order valence-corrected chi connectivity index (χ4v) is 3.12. The molecular weight excluding hydrogens is 404 g/mol. The van der Waals surface area contributed by atoms with Gasteiger partial charge >= 0.3 is 0 Å². The number of hydrogen-bond donors (Lipinski definition) is 7. The number of aromatic nitrogens is 2. The summed E-state index contributed by atoms with van der Waals surface area (Å²) in [7, 11) is 0. The van der Waals surface area contributed by atoms with Crippen molar-refractivity contribution in [2.75, 3.05) is 22.5 Å². The predicted molar refractivity (Wildman–Crippen MR) is 115 cm³/mol. The number of amides is 1. The summed E-state index contributed by atoms with van der Waals surface area (Å²) in [5.41, 5.74) is 2.67. The molecule has 158 valence electrons. The minimum atomic E-state index is -0.645. The lowest BCUT2D eigenvalue weighted by atomic mass is 10.1. The van der Waals surface area contributed by atoms with Gasteiger partial charge in [-0.15, -0.1) is 0 Å². The van der Waals surface area contributed by atoms with Gasteiger partial charge in [0.1, 0.15) is 23.7 Å². The Labute approximate surface area is 174 Å². The molecule has 0 unspecified atom stereocenters. The first-order valence-corrected chi connectivity index (χ1v) is 9.23. The number of phenolic OH excluding ortho intramolecular Hbond substituents is 1. The first-order chi connectivity index (χ1) is 15.0. The van der Waals surface area contributed by atoms with Gasteiger partial charge in [0.2, 0.25) is 5.91 Å². The Kier molecular flexibility index (Phi) is 5.35. The first kappa shape index (κ1) is 20.1. The van der Waals surface area contributed by atoms with Gasteiger partial charge in [0.05, 0.1) is 5.52 Å². The van der Waals surface area contributed by atoms with Crippen LogP contribution in [0.25, 0.3) is 10.9 Å². The van der Waals surface area contributed by atoms with Crippen molar-refractivity contribution >= 4 is 39.7 Å². The van der Waals surface area contributed by atoms with E-state index in [4.69, 9.17) is 5.21 Å². The number of H-pyrrole nitrogens is 1. The van der Waals surface area contributed by atoms with Gasteiger partial charge < -0.3 is 26.3 Å². The normalized spacial score (nSPS) is 11.0. The lowest BCUT2D eigenvalue weighted by molar-refractivity contribution is -0.116. The van der Waals surface area contributed by atoms with Crippen LogP contribution in [0, 0.1) is 0 Å². The molecule has 0 radical (unpaired) electrons. The molecule has 0 fully saturated rings. The van der Waals surface area contributed by atoms with E-state index in [0.29, 0.717) is 16.6 Å². The third-order valence-corrected chi connectivity index (χ3v) is 4.62. The predicted octanol–water partition coefficient (Wildman–Crippen LogP) is 1.14. The van der Waals surface area contributed by atoms with Crippen molar-refractivity contribution in [1.29, 1.82) is 0 Å². The minimum Gasteiger partial charge on any atom is -0.508 e. The van der Waals surface area contributed by atoms with Crippen LogP contribution in [0.15, 0.2) is 52.1 Å². The summed E-state index contributed by atoms with van der Waals surface area (Å²) in [6.07, 6.45) is 0. The van der Waals surface area contributed by atoms with Crippen molar-refractivity contribution in [1.82, 2.24) is 15.7 Å². The van der Waals surface area contributed by atoms with E-state index < -0.39 is 16.8 Å². The molecule has 4 rings (SSSR count). The molecule has 7 N–H and O–H groups in total. The third-order valence-electron chi connectivity index (χ3n) is 4.62. The number of nitrogens with one attached hydrogen (secondary N) is 5. The van der Waals surface area contributed by atoms with Crippen LogP contribution < -0.4 is 32.3 Å². The van der Waals surface area contributed by atoms with E-state index in [9.17, 15) is 19.5 Å². The Morgan fingerprint density at radius 1 is 1.06 bits per heavy atom. The molecule has 1 aromatic heterocycles. The molecule has 0 saturated carbocycles. The number of nitrogens with zero attached hydrogens (tertiary/aromatic N) is 1. The highest BCUT2D eigenvalue weighted by atomic mass is 16.5. The fourth-order valence-electron chi connectivity index (χ4n) is 3.12. The monoisotopic (exact) mass is 422 g/mol. The quantitative estimate of drug-likeness (QED) is 0.163. The van der Waals surface area contributed by atoms with E-state index in [1.807, 2.05) is 0 Å². The number of carbonyl (C=O) groups excluding carboxylic acids is 1. The van der Waals surface area contributed by atoms with Crippen molar-refractivity contribution in [2.45, 2.75) is 6.54 Å². The zero-order valence-corrected chi connectivity index (χ0v) is 16.0. The maximum Gasteiger partial charge on any atom is 0.253 e. The average Bonchev–Trinajstić information content (AvgIpc) is 3.15. The number of aromatic hydroxyl groups is 1. The highest BCUT2D eigenvalue weighted by Crippen LogP contribution is 2.27. The van der Waals surface area contributed by atoms with Crippen molar-refractivity contribution in [3.8, 4) is 5.75 Å². The maximum atomic E-state index is 12.1. The second-order valence-corrected chi connectivity index (χ2v) is 6.77. The Morgan fingerprint density at radius 2 is 1.87 bits per heavy atom. The van der Waals surface area contributed by atoms with Gasteiger partial charge in [0, 0.05) is 17.6 Å². The van der Waals surface area contributed by atoms with E-state index in [-0.39, 0.29) is 36.0 Å². The number of fused-ring (bicyclic) bond motifs is 1. The number of hydroxylamine groups is 1. The molecule has 11 heteroatoms. The molecular formula is C20H18N6O5. The van der Waals surface area contributed by atoms with E-state index in [0.717, 1.165) is 5.56 Å². The number of anilines is 4. The Morgan fingerprint density at radius 3 is 2.65 bits per heavy atom. The summed E-state index contributed by atoms with van der Waals surface area (Å²) in [5.74, 6) is -0.130. The van der Waals surface area contributed by atoms with Gasteiger partial charge in [-0.05, 0) is 35.9 Å². The van der Waals surface area contributed by atoms with Gasteiger partial charge in [-0.2, -0.15) is 10.6 Å². The molecule has 0 spiro atoms. The van der Waals surface area contributed by atoms with Gasteiger partial charge in [-0.25, -0.2) is 0 Å². The summed E-state index contributed by atoms with van der Waals surface area (Å²) in [6.45, 7) is -0.0478. The number of aromatic amines is 1. The van der Waals surface area contributed by atoms with Gasteiger partial charge in [0.15, 0.2) is 5.82 Å².